The standard InChI is InChI=1S/C17H21N5O2/c1-4-18-17(24)22-8-13-15(9-22)20-21-16(13)12-7-10(2)5-6-14(12)19-11(3)23/h5-7H,4,8-9H2,1-3H3,(H,18,24)(H,19,23)(H,20,21). The van der Waals surface area contributed by atoms with Crippen molar-refractivity contribution in [3.05, 3.63) is 35.0 Å². The van der Waals surface area contributed by atoms with Crippen LogP contribution in [0.5, 0.6) is 0 Å². The van der Waals surface area contributed by atoms with Gasteiger partial charge < -0.3 is 15.5 Å². The molecule has 1 aromatic heterocycles. The summed E-state index contributed by atoms with van der Waals surface area (Å²) in [6, 6.07) is 5.74. The van der Waals surface area contributed by atoms with Crippen LogP contribution in [0.15, 0.2) is 18.2 Å². The Bertz CT molecular complexity index is 796. The second kappa shape index (κ2) is 6.35. The van der Waals surface area contributed by atoms with Gasteiger partial charge in [-0.2, -0.15) is 5.10 Å². The number of aromatic amines is 1. The van der Waals surface area contributed by atoms with Crippen LogP contribution in [0.4, 0.5) is 10.5 Å². The number of carbonyl (C=O) groups is 2. The molecule has 1 aromatic carbocycles. The minimum atomic E-state index is -0.128. The van der Waals surface area contributed by atoms with E-state index in [0.29, 0.717) is 19.6 Å². The largest absolute Gasteiger partial charge is 0.338 e. The fourth-order valence-corrected chi connectivity index (χ4v) is 2.92. The lowest BCUT2D eigenvalue weighted by Crippen LogP contribution is -2.36. The van der Waals surface area contributed by atoms with Gasteiger partial charge in [0.1, 0.15) is 0 Å². The van der Waals surface area contributed by atoms with E-state index in [2.05, 4.69) is 20.8 Å². The van der Waals surface area contributed by atoms with E-state index in [1.54, 1.807) is 4.90 Å². The molecule has 2 heterocycles. The number of amides is 3. The molecule has 24 heavy (non-hydrogen) atoms. The first-order valence-corrected chi connectivity index (χ1v) is 7.97. The Morgan fingerprint density at radius 2 is 2.12 bits per heavy atom. The molecule has 0 radical (unpaired) electrons. The van der Waals surface area contributed by atoms with E-state index < -0.39 is 0 Å². The molecule has 2 aromatic rings. The Labute approximate surface area is 140 Å². The number of benzene rings is 1. The van der Waals surface area contributed by atoms with Crippen LogP contribution in [0.25, 0.3) is 11.3 Å². The van der Waals surface area contributed by atoms with Crippen molar-refractivity contribution in [3.8, 4) is 11.3 Å². The van der Waals surface area contributed by atoms with E-state index in [-0.39, 0.29) is 11.9 Å². The minimum Gasteiger partial charge on any atom is -0.338 e. The number of urea groups is 1. The SMILES string of the molecule is CCNC(=O)N1Cc2[nH]nc(-c3cc(C)ccc3NC(C)=O)c2C1. The number of H-pyrrole nitrogens is 1. The van der Waals surface area contributed by atoms with Gasteiger partial charge >= 0.3 is 6.03 Å². The highest BCUT2D eigenvalue weighted by Crippen LogP contribution is 2.35. The Hall–Kier alpha value is -2.83. The summed E-state index contributed by atoms with van der Waals surface area (Å²) in [4.78, 5) is 25.3. The molecule has 3 rings (SSSR count). The molecule has 0 unspecified atom stereocenters. The summed E-state index contributed by atoms with van der Waals surface area (Å²) in [7, 11) is 0. The van der Waals surface area contributed by atoms with Gasteiger partial charge in [0.15, 0.2) is 0 Å². The first-order valence-electron chi connectivity index (χ1n) is 7.97. The van der Waals surface area contributed by atoms with Crippen molar-refractivity contribution in [2.24, 2.45) is 0 Å². The third-order valence-electron chi connectivity index (χ3n) is 4.01. The second-order valence-electron chi connectivity index (χ2n) is 5.95. The van der Waals surface area contributed by atoms with Gasteiger partial charge in [-0.1, -0.05) is 11.6 Å². The molecule has 0 saturated carbocycles. The number of nitrogens with zero attached hydrogens (tertiary/aromatic N) is 2. The lowest BCUT2D eigenvalue weighted by molar-refractivity contribution is -0.114. The van der Waals surface area contributed by atoms with Crippen molar-refractivity contribution < 1.29 is 9.59 Å². The number of rotatable bonds is 3. The molecule has 0 spiro atoms. The molecular weight excluding hydrogens is 306 g/mol. The Morgan fingerprint density at radius 1 is 1.33 bits per heavy atom. The van der Waals surface area contributed by atoms with Crippen molar-refractivity contribution in [1.29, 1.82) is 0 Å². The summed E-state index contributed by atoms with van der Waals surface area (Å²) in [5.74, 6) is -0.128. The fourth-order valence-electron chi connectivity index (χ4n) is 2.92. The number of fused-ring (bicyclic) bond motifs is 1. The third kappa shape index (κ3) is 2.97. The van der Waals surface area contributed by atoms with E-state index in [0.717, 1.165) is 33.8 Å². The summed E-state index contributed by atoms with van der Waals surface area (Å²) >= 11 is 0. The van der Waals surface area contributed by atoms with Gasteiger partial charge in [0.25, 0.3) is 0 Å². The van der Waals surface area contributed by atoms with Gasteiger partial charge in [0, 0.05) is 24.6 Å². The van der Waals surface area contributed by atoms with Gasteiger partial charge in [-0.3, -0.25) is 9.89 Å². The van der Waals surface area contributed by atoms with Crippen LogP contribution in [-0.2, 0) is 17.9 Å². The molecule has 1 aliphatic rings. The van der Waals surface area contributed by atoms with E-state index in [9.17, 15) is 9.59 Å². The maximum Gasteiger partial charge on any atom is 0.318 e. The average molecular weight is 327 g/mol. The Balaban J connectivity index is 1.96. The average Bonchev–Trinajstić information content (AvgIpc) is 3.09. The maximum absolute atomic E-state index is 12.0. The number of carbonyl (C=O) groups excluding carboxylic acids is 2. The summed E-state index contributed by atoms with van der Waals surface area (Å²) in [5, 5.41) is 13.1. The lowest BCUT2D eigenvalue weighted by Gasteiger charge is -2.16. The van der Waals surface area contributed by atoms with E-state index >= 15 is 0 Å². The summed E-state index contributed by atoms with van der Waals surface area (Å²) in [6.07, 6.45) is 0. The lowest BCUT2D eigenvalue weighted by atomic mass is 10.0. The van der Waals surface area contributed by atoms with Gasteiger partial charge in [-0.05, 0) is 26.0 Å². The highest BCUT2D eigenvalue weighted by Gasteiger charge is 2.29. The molecule has 0 atom stereocenters. The molecule has 3 amide bonds. The minimum absolute atomic E-state index is 0.0839. The van der Waals surface area contributed by atoms with Crippen LogP contribution in [-0.4, -0.2) is 33.6 Å². The van der Waals surface area contributed by atoms with Crippen LogP contribution >= 0.6 is 0 Å². The molecule has 1 aliphatic heterocycles. The number of aryl methyl sites for hydroxylation is 1. The molecule has 3 N–H and O–H groups in total. The van der Waals surface area contributed by atoms with Crippen molar-refractivity contribution in [2.45, 2.75) is 33.9 Å². The maximum atomic E-state index is 12.0. The zero-order chi connectivity index (χ0) is 17.3. The molecule has 0 saturated heterocycles. The summed E-state index contributed by atoms with van der Waals surface area (Å²) in [5.41, 5.74) is 5.38. The summed E-state index contributed by atoms with van der Waals surface area (Å²) in [6.45, 7) is 6.98. The smallest absolute Gasteiger partial charge is 0.318 e. The zero-order valence-electron chi connectivity index (χ0n) is 14.1. The number of anilines is 1. The predicted molar refractivity (Wildman–Crippen MR) is 91.4 cm³/mol. The molecule has 0 bridgehead atoms. The monoisotopic (exact) mass is 327 g/mol. The fraction of sp³-hybridized carbons (Fsp3) is 0.353. The molecule has 7 heteroatoms. The molecule has 0 fully saturated rings. The van der Waals surface area contributed by atoms with E-state index in [4.69, 9.17) is 0 Å². The molecule has 0 aliphatic carbocycles. The quantitative estimate of drug-likeness (QED) is 0.808. The molecule has 7 nitrogen and oxygen atoms in total. The van der Waals surface area contributed by atoms with Crippen LogP contribution in [0, 0.1) is 6.92 Å². The molecule has 126 valence electrons. The van der Waals surface area contributed by atoms with Crippen molar-refractivity contribution in [3.63, 3.8) is 0 Å². The topological polar surface area (TPSA) is 90.1 Å². The van der Waals surface area contributed by atoms with Gasteiger partial charge in [-0.15, -0.1) is 0 Å². The van der Waals surface area contributed by atoms with E-state index in [1.165, 1.54) is 6.92 Å². The highest BCUT2D eigenvalue weighted by molar-refractivity contribution is 5.94. The first-order chi connectivity index (χ1) is 11.5. The second-order valence-corrected chi connectivity index (χ2v) is 5.95. The van der Waals surface area contributed by atoms with Crippen LogP contribution in [0.2, 0.25) is 0 Å². The van der Waals surface area contributed by atoms with Gasteiger partial charge in [-0.25, -0.2) is 4.79 Å². The van der Waals surface area contributed by atoms with Crippen molar-refractivity contribution in [1.82, 2.24) is 20.4 Å². The number of hydrogen-bond donors (Lipinski definition) is 3. The van der Waals surface area contributed by atoms with Gasteiger partial charge in [0.2, 0.25) is 5.91 Å². The predicted octanol–water partition coefficient (Wildman–Crippen LogP) is 2.39. The number of hydrogen-bond acceptors (Lipinski definition) is 3. The highest BCUT2D eigenvalue weighted by atomic mass is 16.2. The molecular formula is C17H21N5O2. The first kappa shape index (κ1) is 16.0. The number of aromatic nitrogens is 2. The summed E-state index contributed by atoms with van der Waals surface area (Å²) < 4.78 is 0. The zero-order valence-corrected chi connectivity index (χ0v) is 14.1. The van der Waals surface area contributed by atoms with Crippen LogP contribution < -0.4 is 10.6 Å². The number of nitrogens with one attached hydrogen (secondary N) is 3. The van der Waals surface area contributed by atoms with Crippen LogP contribution in [0.1, 0.15) is 30.7 Å². The third-order valence-corrected chi connectivity index (χ3v) is 4.01. The Kier molecular flexibility index (Phi) is 4.24. The van der Waals surface area contributed by atoms with Crippen LogP contribution in [0.3, 0.4) is 0 Å². The van der Waals surface area contributed by atoms with Crippen molar-refractivity contribution >= 4 is 17.6 Å². The van der Waals surface area contributed by atoms with Gasteiger partial charge in [0.05, 0.1) is 30.2 Å². The van der Waals surface area contributed by atoms with Crippen molar-refractivity contribution in [2.75, 3.05) is 11.9 Å². The Morgan fingerprint density at radius 3 is 2.83 bits per heavy atom. The normalized spacial score (nSPS) is 12.9. The van der Waals surface area contributed by atoms with E-state index in [1.807, 2.05) is 32.0 Å².